The first kappa shape index (κ1) is 14.4. The van der Waals surface area contributed by atoms with Crippen molar-refractivity contribution >= 4 is 5.91 Å². The second-order valence-electron chi connectivity index (χ2n) is 5.30. The average molecular weight is 297 g/mol. The molecule has 1 atom stereocenters. The Morgan fingerprint density at radius 3 is 3.23 bits per heavy atom. The van der Waals surface area contributed by atoms with E-state index in [1.165, 1.54) is 0 Å². The monoisotopic (exact) mass is 297 g/mol. The second kappa shape index (κ2) is 6.47. The number of aromatic nitrogens is 2. The van der Waals surface area contributed by atoms with Gasteiger partial charge in [0.05, 0.1) is 5.56 Å². The number of benzene rings is 1. The molecule has 0 bridgehead atoms. The molecule has 1 unspecified atom stereocenters. The molecule has 1 aliphatic rings. The Kier molecular flexibility index (Phi) is 4.23. The fraction of sp³-hybridized carbons (Fsp3) is 0.294. The quantitative estimate of drug-likeness (QED) is 0.861. The number of hydrogen-bond donors (Lipinski definition) is 1. The molecule has 1 aliphatic heterocycles. The first-order chi connectivity index (χ1) is 10.8. The largest absolute Gasteiger partial charge is 0.489 e. The van der Waals surface area contributed by atoms with Crippen LogP contribution in [0.15, 0.2) is 49.3 Å². The molecule has 0 aliphatic carbocycles. The molecule has 5 nitrogen and oxygen atoms in total. The van der Waals surface area contributed by atoms with Gasteiger partial charge in [0.2, 0.25) is 0 Å². The molecule has 0 saturated carbocycles. The van der Waals surface area contributed by atoms with Crippen LogP contribution in [0.2, 0.25) is 0 Å². The van der Waals surface area contributed by atoms with Crippen molar-refractivity contribution in [1.29, 1.82) is 0 Å². The van der Waals surface area contributed by atoms with Gasteiger partial charge in [-0.3, -0.25) is 4.79 Å². The third-order valence-corrected chi connectivity index (χ3v) is 3.76. The van der Waals surface area contributed by atoms with Crippen LogP contribution in [0.5, 0.6) is 5.75 Å². The fourth-order valence-electron chi connectivity index (χ4n) is 2.68. The van der Waals surface area contributed by atoms with Crippen LogP contribution < -0.4 is 10.1 Å². The van der Waals surface area contributed by atoms with E-state index in [2.05, 4.69) is 21.4 Å². The average Bonchev–Trinajstić information content (AvgIpc) is 3.00. The molecule has 114 valence electrons. The van der Waals surface area contributed by atoms with Gasteiger partial charge in [-0.25, -0.2) is 4.98 Å². The Morgan fingerprint density at radius 2 is 2.36 bits per heavy atom. The van der Waals surface area contributed by atoms with Crippen molar-refractivity contribution < 1.29 is 9.53 Å². The maximum absolute atomic E-state index is 12.5. The van der Waals surface area contributed by atoms with Crippen LogP contribution in [-0.4, -0.2) is 28.1 Å². The highest BCUT2D eigenvalue weighted by molar-refractivity contribution is 5.97. The summed E-state index contributed by atoms with van der Waals surface area (Å²) >= 11 is 0. The number of amides is 1. The molecular formula is C17H19N3O2. The number of carbonyl (C=O) groups is 1. The summed E-state index contributed by atoms with van der Waals surface area (Å²) in [5.41, 5.74) is 0.556. The molecule has 2 heterocycles. The molecule has 22 heavy (non-hydrogen) atoms. The van der Waals surface area contributed by atoms with Crippen molar-refractivity contribution in [3.8, 4) is 5.75 Å². The molecule has 1 amide bonds. The predicted molar refractivity (Wildman–Crippen MR) is 83.9 cm³/mol. The number of rotatable bonds is 5. The Bertz CT molecular complexity index is 678. The highest BCUT2D eigenvalue weighted by Crippen LogP contribution is 2.19. The summed E-state index contributed by atoms with van der Waals surface area (Å²) < 4.78 is 7.64. The lowest BCUT2D eigenvalue weighted by atomic mass is 10.1. The highest BCUT2D eigenvalue weighted by Gasteiger charge is 2.22. The minimum atomic E-state index is -0.103. The highest BCUT2D eigenvalue weighted by atomic mass is 16.5. The molecule has 0 saturated heterocycles. The lowest BCUT2D eigenvalue weighted by Gasteiger charge is -2.25. The molecule has 1 N–H and O–H groups in total. The van der Waals surface area contributed by atoms with E-state index in [4.69, 9.17) is 4.74 Å². The number of nitrogens with zero attached hydrogens (tertiary/aromatic N) is 2. The van der Waals surface area contributed by atoms with Crippen LogP contribution >= 0.6 is 0 Å². The van der Waals surface area contributed by atoms with E-state index in [0.717, 1.165) is 25.2 Å². The van der Waals surface area contributed by atoms with E-state index < -0.39 is 0 Å². The predicted octanol–water partition coefficient (Wildman–Crippen LogP) is 2.19. The summed E-state index contributed by atoms with van der Waals surface area (Å²) in [5.74, 6) is 1.56. The third kappa shape index (κ3) is 3.03. The van der Waals surface area contributed by atoms with Crippen molar-refractivity contribution in [2.24, 2.45) is 0 Å². The molecule has 0 radical (unpaired) electrons. The summed E-state index contributed by atoms with van der Waals surface area (Å²) in [4.78, 5) is 16.8. The zero-order valence-electron chi connectivity index (χ0n) is 12.4. The first-order valence-corrected chi connectivity index (χ1v) is 7.41. The Labute approximate surface area is 129 Å². The lowest BCUT2D eigenvalue weighted by molar-refractivity contribution is 0.0924. The standard InChI is InChI=1S/C17H19N3O2/c1-2-11-22-15-6-4-3-5-14(15)17(21)19-13-7-8-16-18-9-10-20(16)12-13/h2-6,9-10,13H,1,7-8,11-12H2,(H,19,21). The summed E-state index contributed by atoms with van der Waals surface area (Å²) in [5, 5.41) is 3.09. The molecule has 1 aromatic heterocycles. The van der Waals surface area contributed by atoms with Crippen LogP contribution in [-0.2, 0) is 13.0 Å². The normalized spacial score (nSPS) is 16.6. The second-order valence-corrected chi connectivity index (χ2v) is 5.30. The van der Waals surface area contributed by atoms with Gasteiger partial charge in [-0.1, -0.05) is 24.8 Å². The molecule has 0 spiro atoms. The zero-order chi connectivity index (χ0) is 15.4. The Morgan fingerprint density at radius 1 is 1.50 bits per heavy atom. The van der Waals surface area contributed by atoms with E-state index in [1.807, 2.05) is 18.3 Å². The van der Waals surface area contributed by atoms with E-state index in [9.17, 15) is 4.79 Å². The number of para-hydroxylation sites is 1. The van der Waals surface area contributed by atoms with Gasteiger partial charge in [-0.2, -0.15) is 0 Å². The van der Waals surface area contributed by atoms with E-state index in [-0.39, 0.29) is 11.9 Å². The van der Waals surface area contributed by atoms with Gasteiger partial charge in [0, 0.05) is 31.4 Å². The molecule has 2 aromatic rings. The van der Waals surface area contributed by atoms with Crippen molar-refractivity contribution in [2.75, 3.05) is 6.61 Å². The molecule has 0 fully saturated rings. The number of imidazole rings is 1. The third-order valence-electron chi connectivity index (χ3n) is 3.76. The van der Waals surface area contributed by atoms with Crippen LogP contribution in [0, 0.1) is 0 Å². The molecule has 1 aromatic carbocycles. The van der Waals surface area contributed by atoms with Gasteiger partial charge in [-0.15, -0.1) is 0 Å². The summed E-state index contributed by atoms with van der Waals surface area (Å²) in [6, 6.07) is 7.38. The number of carbonyl (C=O) groups excluding carboxylic acids is 1. The molecule has 3 rings (SSSR count). The van der Waals surface area contributed by atoms with Gasteiger partial charge in [0.1, 0.15) is 18.2 Å². The zero-order valence-corrected chi connectivity index (χ0v) is 12.4. The van der Waals surface area contributed by atoms with E-state index in [0.29, 0.717) is 17.9 Å². The van der Waals surface area contributed by atoms with E-state index in [1.54, 1.807) is 24.4 Å². The number of nitrogens with one attached hydrogen (secondary N) is 1. The van der Waals surface area contributed by atoms with Crippen molar-refractivity contribution in [3.05, 3.63) is 60.7 Å². The summed E-state index contributed by atoms with van der Waals surface area (Å²) in [6.45, 7) is 4.77. The van der Waals surface area contributed by atoms with Crippen LogP contribution in [0.4, 0.5) is 0 Å². The smallest absolute Gasteiger partial charge is 0.255 e. The number of aryl methyl sites for hydroxylation is 1. The van der Waals surface area contributed by atoms with Gasteiger partial charge in [0.25, 0.3) is 5.91 Å². The van der Waals surface area contributed by atoms with Gasteiger partial charge in [0.15, 0.2) is 0 Å². The lowest BCUT2D eigenvalue weighted by Crippen LogP contribution is -2.41. The van der Waals surface area contributed by atoms with Crippen molar-refractivity contribution in [1.82, 2.24) is 14.9 Å². The topological polar surface area (TPSA) is 56.1 Å². The molecule has 5 heteroatoms. The SMILES string of the molecule is C=CCOc1ccccc1C(=O)NC1CCc2nccn2C1. The van der Waals surface area contributed by atoms with Gasteiger partial charge in [-0.05, 0) is 18.6 Å². The minimum Gasteiger partial charge on any atom is -0.489 e. The van der Waals surface area contributed by atoms with E-state index >= 15 is 0 Å². The Hall–Kier alpha value is -2.56. The molecular weight excluding hydrogens is 278 g/mol. The number of fused-ring (bicyclic) bond motifs is 1. The Balaban J connectivity index is 1.69. The van der Waals surface area contributed by atoms with Crippen molar-refractivity contribution in [3.63, 3.8) is 0 Å². The first-order valence-electron chi connectivity index (χ1n) is 7.41. The van der Waals surface area contributed by atoms with Gasteiger partial charge >= 0.3 is 0 Å². The fourth-order valence-corrected chi connectivity index (χ4v) is 2.68. The number of ether oxygens (including phenoxy) is 1. The van der Waals surface area contributed by atoms with Crippen molar-refractivity contribution in [2.45, 2.75) is 25.4 Å². The minimum absolute atomic E-state index is 0.103. The number of hydrogen-bond acceptors (Lipinski definition) is 3. The summed E-state index contributed by atoms with van der Waals surface area (Å²) in [6.07, 6.45) is 7.20. The van der Waals surface area contributed by atoms with Gasteiger partial charge < -0.3 is 14.6 Å². The maximum Gasteiger partial charge on any atom is 0.255 e. The maximum atomic E-state index is 12.5. The van der Waals surface area contributed by atoms with Crippen LogP contribution in [0.3, 0.4) is 0 Å². The summed E-state index contributed by atoms with van der Waals surface area (Å²) in [7, 11) is 0. The van der Waals surface area contributed by atoms with Crippen LogP contribution in [0.25, 0.3) is 0 Å². The van der Waals surface area contributed by atoms with Crippen LogP contribution in [0.1, 0.15) is 22.6 Å².